The molecular weight excluding hydrogens is 396 g/mol. The minimum atomic E-state index is -0.352. The second-order valence-electron chi connectivity index (χ2n) is 8.48. The van der Waals surface area contributed by atoms with Gasteiger partial charge in [0.15, 0.2) is 5.82 Å². The van der Waals surface area contributed by atoms with E-state index in [0.29, 0.717) is 44.2 Å². The zero-order chi connectivity index (χ0) is 21.4. The van der Waals surface area contributed by atoms with E-state index in [1.165, 1.54) is 5.56 Å². The van der Waals surface area contributed by atoms with Crippen LogP contribution < -0.4 is 5.56 Å². The molecule has 2 aromatic heterocycles. The van der Waals surface area contributed by atoms with E-state index in [1.54, 1.807) is 4.68 Å². The van der Waals surface area contributed by atoms with E-state index < -0.39 is 0 Å². The third kappa shape index (κ3) is 4.00. The van der Waals surface area contributed by atoms with Gasteiger partial charge < -0.3 is 14.5 Å². The Morgan fingerprint density at radius 3 is 2.74 bits per heavy atom. The van der Waals surface area contributed by atoms with Crippen molar-refractivity contribution in [1.29, 1.82) is 0 Å². The third-order valence-corrected chi connectivity index (χ3v) is 6.40. The van der Waals surface area contributed by atoms with Crippen molar-refractivity contribution in [3.8, 4) is 0 Å². The van der Waals surface area contributed by atoms with Gasteiger partial charge in [-0.05, 0) is 71.8 Å². The van der Waals surface area contributed by atoms with Crippen molar-refractivity contribution in [3.63, 3.8) is 0 Å². The number of ether oxygens (including phenoxy) is 2. The van der Waals surface area contributed by atoms with Crippen molar-refractivity contribution in [2.75, 3.05) is 32.9 Å². The van der Waals surface area contributed by atoms with Crippen LogP contribution in [-0.4, -0.2) is 69.1 Å². The van der Waals surface area contributed by atoms with Crippen molar-refractivity contribution >= 4 is 10.9 Å². The maximum atomic E-state index is 13.2. The Labute approximate surface area is 180 Å². The number of morpholine rings is 1. The number of nitrogens with zero attached hydrogens (tertiary/aromatic N) is 5. The maximum absolute atomic E-state index is 13.2. The summed E-state index contributed by atoms with van der Waals surface area (Å²) in [5.41, 5.74) is 3.73. The van der Waals surface area contributed by atoms with Gasteiger partial charge in [-0.1, -0.05) is 0 Å². The van der Waals surface area contributed by atoms with Crippen molar-refractivity contribution in [3.05, 3.63) is 51.1 Å². The number of hydrogen-bond donors (Lipinski definition) is 1. The lowest BCUT2D eigenvalue weighted by molar-refractivity contribution is 0.0205. The molecule has 31 heavy (non-hydrogen) atoms. The minimum absolute atomic E-state index is 0.105. The van der Waals surface area contributed by atoms with Gasteiger partial charge in [0.25, 0.3) is 5.56 Å². The number of H-pyrrole nitrogens is 1. The molecule has 0 unspecified atom stereocenters. The smallest absolute Gasteiger partial charge is 0.253 e. The average molecular weight is 425 g/mol. The Morgan fingerprint density at radius 2 is 1.97 bits per heavy atom. The van der Waals surface area contributed by atoms with Gasteiger partial charge in [0.2, 0.25) is 0 Å². The number of rotatable bonds is 5. The van der Waals surface area contributed by atoms with Crippen LogP contribution in [0.2, 0.25) is 0 Å². The van der Waals surface area contributed by atoms with E-state index in [1.807, 2.05) is 12.1 Å². The molecule has 0 saturated carbocycles. The normalized spacial score (nSPS) is 21.0. The Kier molecular flexibility index (Phi) is 5.56. The van der Waals surface area contributed by atoms with Crippen LogP contribution in [0.15, 0.2) is 23.0 Å². The van der Waals surface area contributed by atoms with Crippen molar-refractivity contribution in [2.24, 2.45) is 0 Å². The highest BCUT2D eigenvalue weighted by Gasteiger charge is 2.32. The number of aromatic nitrogens is 5. The Bertz CT molecular complexity index is 1130. The summed E-state index contributed by atoms with van der Waals surface area (Å²) in [6.45, 7) is 8.16. The molecule has 2 aliphatic rings. The monoisotopic (exact) mass is 424 g/mol. The van der Waals surface area contributed by atoms with E-state index in [-0.39, 0.29) is 17.7 Å². The number of hydrogen-bond acceptors (Lipinski definition) is 7. The predicted molar refractivity (Wildman–Crippen MR) is 115 cm³/mol. The van der Waals surface area contributed by atoms with Gasteiger partial charge in [0, 0.05) is 30.8 Å². The van der Waals surface area contributed by atoms with Gasteiger partial charge in [-0.2, -0.15) is 0 Å². The summed E-state index contributed by atoms with van der Waals surface area (Å²) in [5, 5.41) is 13.6. The van der Waals surface area contributed by atoms with Gasteiger partial charge >= 0.3 is 0 Å². The Hall–Kier alpha value is -2.62. The van der Waals surface area contributed by atoms with Crippen LogP contribution in [0.1, 0.15) is 41.4 Å². The fourth-order valence-corrected chi connectivity index (χ4v) is 4.55. The molecule has 2 atom stereocenters. The molecule has 164 valence electrons. The number of aryl methyl sites for hydroxylation is 2. The van der Waals surface area contributed by atoms with Crippen molar-refractivity contribution in [2.45, 2.75) is 45.4 Å². The van der Waals surface area contributed by atoms with E-state index in [9.17, 15) is 4.79 Å². The molecule has 2 saturated heterocycles. The standard InChI is InChI=1S/C22H28N6O3/c1-14-10-16-12-18(22(29)23-19(16)11-15(14)2)20(27-5-8-30-9-6-27)21-24-25-26-28(21)13-17-4-3-7-31-17/h10-12,17,20H,3-9,13H2,1-2H3,(H,23,29)/t17-,20+/m1/s1. The summed E-state index contributed by atoms with van der Waals surface area (Å²) < 4.78 is 13.2. The van der Waals surface area contributed by atoms with E-state index in [2.05, 4.69) is 45.3 Å². The highest BCUT2D eigenvalue weighted by atomic mass is 16.5. The molecule has 4 heterocycles. The zero-order valence-corrected chi connectivity index (χ0v) is 18.0. The zero-order valence-electron chi connectivity index (χ0n) is 18.0. The van der Waals surface area contributed by atoms with Gasteiger partial charge in [0.1, 0.15) is 6.04 Å². The Morgan fingerprint density at radius 1 is 1.16 bits per heavy atom. The first kappa shape index (κ1) is 20.3. The molecule has 1 aromatic carbocycles. The largest absolute Gasteiger partial charge is 0.379 e. The summed E-state index contributed by atoms with van der Waals surface area (Å²) >= 11 is 0. The first-order chi connectivity index (χ1) is 15.1. The average Bonchev–Trinajstić information content (AvgIpc) is 3.44. The summed E-state index contributed by atoms with van der Waals surface area (Å²) in [5.74, 6) is 0.672. The van der Waals surface area contributed by atoms with Crippen molar-refractivity contribution in [1.82, 2.24) is 30.1 Å². The van der Waals surface area contributed by atoms with Gasteiger partial charge in [-0.3, -0.25) is 9.69 Å². The summed E-state index contributed by atoms with van der Waals surface area (Å²) in [4.78, 5) is 18.6. The topological polar surface area (TPSA) is 98.2 Å². The quantitative estimate of drug-likeness (QED) is 0.666. The van der Waals surface area contributed by atoms with E-state index >= 15 is 0 Å². The van der Waals surface area contributed by atoms with Crippen LogP contribution in [0, 0.1) is 13.8 Å². The van der Waals surface area contributed by atoms with Crippen LogP contribution in [0.4, 0.5) is 0 Å². The van der Waals surface area contributed by atoms with Gasteiger partial charge in [0.05, 0.1) is 25.9 Å². The molecule has 0 spiro atoms. The van der Waals surface area contributed by atoms with Gasteiger partial charge in [-0.25, -0.2) is 4.68 Å². The second kappa shape index (κ2) is 8.49. The lowest BCUT2D eigenvalue weighted by Gasteiger charge is -2.33. The van der Waals surface area contributed by atoms with Crippen LogP contribution in [-0.2, 0) is 16.0 Å². The maximum Gasteiger partial charge on any atom is 0.253 e. The first-order valence-electron chi connectivity index (χ1n) is 10.9. The molecular formula is C22H28N6O3. The van der Waals surface area contributed by atoms with Gasteiger partial charge in [-0.15, -0.1) is 5.10 Å². The second-order valence-corrected chi connectivity index (χ2v) is 8.48. The molecule has 5 rings (SSSR count). The molecule has 0 aliphatic carbocycles. The first-order valence-corrected chi connectivity index (χ1v) is 10.9. The molecule has 2 aliphatic heterocycles. The van der Waals surface area contributed by atoms with Crippen LogP contribution in [0.3, 0.4) is 0 Å². The summed E-state index contributed by atoms with van der Waals surface area (Å²) in [6.07, 6.45) is 2.16. The molecule has 2 fully saturated rings. The van der Waals surface area contributed by atoms with Crippen LogP contribution >= 0.6 is 0 Å². The number of benzene rings is 1. The number of pyridine rings is 1. The lowest BCUT2D eigenvalue weighted by Crippen LogP contribution is -2.42. The minimum Gasteiger partial charge on any atom is -0.379 e. The molecule has 0 bridgehead atoms. The van der Waals surface area contributed by atoms with Crippen LogP contribution in [0.5, 0.6) is 0 Å². The molecule has 1 N–H and O–H groups in total. The number of aromatic amines is 1. The predicted octanol–water partition coefficient (Wildman–Crippen LogP) is 1.73. The number of nitrogens with one attached hydrogen (secondary N) is 1. The summed E-state index contributed by atoms with van der Waals surface area (Å²) in [7, 11) is 0. The SMILES string of the molecule is Cc1cc2cc([C@@H](c3nnnn3C[C@H]3CCCO3)N3CCOCC3)c(=O)[nH]c2cc1C. The Balaban J connectivity index is 1.61. The molecule has 0 radical (unpaired) electrons. The fourth-order valence-electron chi connectivity index (χ4n) is 4.55. The van der Waals surface area contributed by atoms with Crippen molar-refractivity contribution < 1.29 is 9.47 Å². The van der Waals surface area contributed by atoms with E-state index in [4.69, 9.17) is 9.47 Å². The molecule has 9 heteroatoms. The third-order valence-electron chi connectivity index (χ3n) is 6.40. The number of tetrazole rings is 1. The molecule has 0 amide bonds. The van der Waals surface area contributed by atoms with Crippen LogP contribution in [0.25, 0.3) is 10.9 Å². The molecule has 3 aromatic rings. The fraction of sp³-hybridized carbons (Fsp3) is 0.545. The number of fused-ring (bicyclic) bond motifs is 1. The highest BCUT2D eigenvalue weighted by Crippen LogP contribution is 2.28. The lowest BCUT2D eigenvalue weighted by atomic mass is 10.0. The summed E-state index contributed by atoms with van der Waals surface area (Å²) in [6, 6.07) is 5.79. The molecule has 9 nitrogen and oxygen atoms in total. The van der Waals surface area contributed by atoms with E-state index in [0.717, 1.165) is 35.9 Å². The highest BCUT2D eigenvalue weighted by molar-refractivity contribution is 5.81.